The van der Waals surface area contributed by atoms with E-state index in [1.165, 1.54) is 13.2 Å². The molecule has 0 aliphatic heterocycles. The van der Waals surface area contributed by atoms with Crippen molar-refractivity contribution in [2.45, 2.75) is 0 Å². The summed E-state index contributed by atoms with van der Waals surface area (Å²) in [4.78, 5) is 11.3. The normalized spacial score (nSPS) is 10.3. The van der Waals surface area contributed by atoms with Crippen LogP contribution in [0.4, 0.5) is 10.3 Å². The van der Waals surface area contributed by atoms with Crippen molar-refractivity contribution in [2.24, 2.45) is 0 Å². The van der Waals surface area contributed by atoms with Crippen LogP contribution in [-0.4, -0.2) is 22.1 Å². The molecule has 1 aromatic heterocycles. The Labute approximate surface area is 120 Å². The number of ether oxygens (including phenoxy) is 2. The number of aromatic nitrogens is 3. The highest BCUT2D eigenvalue weighted by molar-refractivity contribution is 9.10. The molecule has 6 nitrogen and oxygen atoms in total. The highest BCUT2D eigenvalue weighted by Gasteiger charge is 2.12. The first-order valence-corrected chi connectivity index (χ1v) is 6.04. The van der Waals surface area contributed by atoms with Gasteiger partial charge in [-0.2, -0.15) is 9.97 Å². The van der Waals surface area contributed by atoms with E-state index in [1.807, 2.05) is 0 Å². The maximum atomic E-state index is 13.4. The van der Waals surface area contributed by atoms with Crippen LogP contribution in [0.3, 0.4) is 0 Å². The SMILES string of the molecule is COc1nc(N)nc(Oc2cc(F)c(Cl)cc2Br)n1. The van der Waals surface area contributed by atoms with Gasteiger partial charge in [0.15, 0.2) is 0 Å². The van der Waals surface area contributed by atoms with Gasteiger partial charge in [0, 0.05) is 6.07 Å². The van der Waals surface area contributed by atoms with Crippen LogP contribution in [0.15, 0.2) is 16.6 Å². The fourth-order valence-electron chi connectivity index (χ4n) is 1.17. The average molecular weight is 350 g/mol. The standard InChI is InChI=1S/C10H7BrClFN4O2/c1-18-9-15-8(14)16-10(17-9)19-7-3-6(13)5(12)2-4(7)11/h2-3H,1H3,(H2,14,15,16,17). The van der Waals surface area contributed by atoms with E-state index in [-0.39, 0.29) is 28.7 Å². The second-order valence-electron chi connectivity index (χ2n) is 3.26. The molecule has 0 spiro atoms. The van der Waals surface area contributed by atoms with Gasteiger partial charge in [-0.05, 0) is 22.0 Å². The van der Waals surface area contributed by atoms with Gasteiger partial charge in [-0.15, -0.1) is 4.98 Å². The topological polar surface area (TPSA) is 83.2 Å². The Balaban J connectivity index is 2.36. The molecule has 2 aromatic rings. The number of hydrogen-bond acceptors (Lipinski definition) is 6. The van der Waals surface area contributed by atoms with Crippen LogP contribution in [0.2, 0.25) is 5.02 Å². The number of halogens is 3. The lowest BCUT2D eigenvalue weighted by Crippen LogP contribution is -2.03. The lowest BCUT2D eigenvalue weighted by atomic mass is 10.3. The summed E-state index contributed by atoms with van der Waals surface area (Å²) in [5.41, 5.74) is 5.45. The van der Waals surface area contributed by atoms with E-state index in [0.29, 0.717) is 4.47 Å². The molecular formula is C10H7BrClFN4O2. The molecule has 19 heavy (non-hydrogen) atoms. The molecule has 0 radical (unpaired) electrons. The van der Waals surface area contributed by atoms with Crippen LogP contribution < -0.4 is 15.2 Å². The summed E-state index contributed by atoms with van der Waals surface area (Å²) in [6.45, 7) is 0. The van der Waals surface area contributed by atoms with Crippen molar-refractivity contribution in [1.82, 2.24) is 15.0 Å². The number of rotatable bonds is 3. The van der Waals surface area contributed by atoms with Crippen molar-refractivity contribution in [2.75, 3.05) is 12.8 Å². The predicted octanol–water partition coefficient (Wildman–Crippen LogP) is 2.81. The summed E-state index contributed by atoms with van der Waals surface area (Å²) < 4.78 is 23.9. The molecule has 100 valence electrons. The second-order valence-corrected chi connectivity index (χ2v) is 4.52. The number of benzene rings is 1. The minimum atomic E-state index is -0.631. The molecule has 0 saturated heterocycles. The monoisotopic (exact) mass is 348 g/mol. The van der Waals surface area contributed by atoms with Crippen molar-refractivity contribution in [3.8, 4) is 17.8 Å². The Hall–Kier alpha value is -1.67. The number of nitrogens with two attached hydrogens (primary N) is 1. The first-order chi connectivity index (χ1) is 8.99. The molecule has 0 aliphatic rings. The van der Waals surface area contributed by atoms with Gasteiger partial charge < -0.3 is 15.2 Å². The minimum absolute atomic E-state index is 0.00643. The fraction of sp³-hybridized carbons (Fsp3) is 0.100. The third kappa shape index (κ3) is 3.21. The molecule has 0 fully saturated rings. The van der Waals surface area contributed by atoms with Crippen LogP contribution in [0.5, 0.6) is 17.8 Å². The van der Waals surface area contributed by atoms with Gasteiger partial charge >= 0.3 is 12.0 Å². The van der Waals surface area contributed by atoms with Gasteiger partial charge in [0.1, 0.15) is 11.6 Å². The zero-order valence-electron chi connectivity index (χ0n) is 9.52. The van der Waals surface area contributed by atoms with Gasteiger partial charge in [0.25, 0.3) is 0 Å². The van der Waals surface area contributed by atoms with E-state index in [4.69, 9.17) is 26.8 Å². The third-order valence-corrected chi connectivity index (χ3v) is 2.88. The number of anilines is 1. The second kappa shape index (κ2) is 5.54. The highest BCUT2D eigenvalue weighted by Crippen LogP contribution is 2.33. The van der Waals surface area contributed by atoms with E-state index in [9.17, 15) is 4.39 Å². The van der Waals surface area contributed by atoms with Crippen molar-refractivity contribution in [3.05, 3.63) is 27.4 Å². The van der Waals surface area contributed by atoms with E-state index in [1.54, 1.807) is 0 Å². The molecule has 9 heteroatoms. The first kappa shape index (κ1) is 13.8. The average Bonchev–Trinajstić information content (AvgIpc) is 2.35. The summed E-state index contributed by atoms with van der Waals surface area (Å²) in [7, 11) is 1.37. The summed E-state index contributed by atoms with van der Waals surface area (Å²) in [5, 5.41) is -0.0352. The van der Waals surface area contributed by atoms with Gasteiger partial charge in [-0.3, -0.25) is 0 Å². The summed E-state index contributed by atoms with van der Waals surface area (Å²) in [6, 6.07) is 2.33. The van der Waals surface area contributed by atoms with E-state index < -0.39 is 5.82 Å². The van der Waals surface area contributed by atoms with Crippen molar-refractivity contribution < 1.29 is 13.9 Å². The Morgan fingerprint density at radius 3 is 2.63 bits per heavy atom. The Bertz CT molecular complexity index is 629. The number of hydrogen-bond donors (Lipinski definition) is 1. The summed E-state index contributed by atoms with van der Waals surface area (Å²) in [6.07, 6.45) is 0. The van der Waals surface area contributed by atoms with Crippen molar-refractivity contribution in [1.29, 1.82) is 0 Å². The predicted molar refractivity (Wildman–Crippen MR) is 70.0 cm³/mol. The molecule has 0 aliphatic carbocycles. The quantitative estimate of drug-likeness (QED) is 0.858. The van der Waals surface area contributed by atoms with Gasteiger partial charge in [0.05, 0.1) is 16.6 Å². The molecule has 2 N–H and O–H groups in total. The molecule has 0 unspecified atom stereocenters. The van der Waals surface area contributed by atoms with Crippen molar-refractivity contribution >= 4 is 33.5 Å². The molecule has 0 atom stereocenters. The lowest BCUT2D eigenvalue weighted by Gasteiger charge is -2.08. The maximum absolute atomic E-state index is 13.4. The van der Waals surface area contributed by atoms with Gasteiger partial charge in [-0.1, -0.05) is 11.6 Å². The maximum Gasteiger partial charge on any atom is 0.330 e. The molecule has 0 amide bonds. The van der Waals surface area contributed by atoms with Crippen LogP contribution >= 0.6 is 27.5 Å². The van der Waals surface area contributed by atoms with Crippen LogP contribution in [0.1, 0.15) is 0 Å². The van der Waals surface area contributed by atoms with E-state index >= 15 is 0 Å². The Kier molecular flexibility index (Phi) is 4.01. The largest absolute Gasteiger partial charge is 0.467 e. The smallest absolute Gasteiger partial charge is 0.330 e. The molecular weight excluding hydrogens is 342 g/mol. The van der Waals surface area contributed by atoms with Crippen LogP contribution in [0.25, 0.3) is 0 Å². The molecule has 2 rings (SSSR count). The van der Waals surface area contributed by atoms with E-state index in [0.717, 1.165) is 6.07 Å². The lowest BCUT2D eigenvalue weighted by molar-refractivity contribution is 0.359. The Morgan fingerprint density at radius 1 is 1.26 bits per heavy atom. The molecule has 1 aromatic carbocycles. The number of nitrogen functional groups attached to an aromatic ring is 1. The van der Waals surface area contributed by atoms with Gasteiger partial charge in [-0.25, -0.2) is 4.39 Å². The number of methoxy groups -OCH3 is 1. The fourth-order valence-corrected chi connectivity index (χ4v) is 1.89. The Morgan fingerprint density at radius 2 is 1.95 bits per heavy atom. The zero-order valence-corrected chi connectivity index (χ0v) is 11.9. The third-order valence-electron chi connectivity index (χ3n) is 1.97. The van der Waals surface area contributed by atoms with Crippen molar-refractivity contribution in [3.63, 3.8) is 0 Å². The minimum Gasteiger partial charge on any atom is -0.467 e. The molecule has 0 bridgehead atoms. The van der Waals surface area contributed by atoms with E-state index in [2.05, 4.69) is 30.9 Å². The first-order valence-electron chi connectivity index (χ1n) is 4.87. The zero-order chi connectivity index (χ0) is 14.0. The van der Waals surface area contributed by atoms with Crippen LogP contribution in [0, 0.1) is 5.82 Å². The highest BCUT2D eigenvalue weighted by atomic mass is 79.9. The van der Waals surface area contributed by atoms with Crippen LogP contribution in [-0.2, 0) is 0 Å². The summed E-state index contributed by atoms with van der Waals surface area (Å²) in [5.74, 6) is -0.559. The molecule has 0 saturated carbocycles. The number of nitrogens with zero attached hydrogens (tertiary/aromatic N) is 3. The summed E-state index contributed by atoms with van der Waals surface area (Å²) >= 11 is 8.80. The van der Waals surface area contributed by atoms with Gasteiger partial charge in [0.2, 0.25) is 5.95 Å². The molecule has 1 heterocycles.